The average molecular weight is 429 g/mol. The molecule has 0 spiro atoms. The summed E-state index contributed by atoms with van der Waals surface area (Å²) in [7, 11) is 0. The number of halogens is 2. The second kappa shape index (κ2) is 7.39. The number of nitrogens with zero attached hydrogens (tertiary/aromatic N) is 1. The number of rotatable bonds is 5. The second-order valence-electron chi connectivity index (χ2n) is 6.38. The maximum atomic E-state index is 6.46. The van der Waals surface area contributed by atoms with Crippen molar-refractivity contribution in [2.45, 2.75) is 19.3 Å². The van der Waals surface area contributed by atoms with E-state index in [1.165, 1.54) is 10.9 Å². The third-order valence-electron chi connectivity index (χ3n) is 4.76. The van der Waals surface area contributed by atoms with E-state index in [9.17, 15) is 0 Å². The number of aromatic nitrogens is 2. The van der Waals surface area contributed by atoms with E-state index >= 15 is 0 Å². The standard InChI is InChI=1S/C21H19BrClN3/c22-17-10-9-16(19-15(17)7-4-12-25-19)20-13(5-1-2-11-24)14-6-3-8-18(23)21(14)26-20/h3-4,6-10,12,26H,1-2,5,11,24H2. The van der Waals surface area contributed by atoms with Gasteiger partial charge in [-0.15, -0.1) is 0 Å². The molecule has 0 saturated heterocycles. The summed E-state index contributed by atoms with van der Waals surface area (Å²) in [5.41, 5.74) is 11.1. The van der Waals surface area contributed by atoms with Crippen LogP contribution in [0.4, 0.5) is 0 Å². The van der Waals surface area contributed by atoms with Crippen LogP contribution in [0, 0.1) is 0 Å². The summed E-state index contributed by atoms with van der Waals surface area (Å²) < 4.78 is 1.04. The number of unbranched alkanes of at least 4 members (excludes halogenated alkanes) is 1. The highest BCUT2D eigenvalue weighted by molar-refractivity contribution is 9.10. The maximum Gasteiger partial charge on any atom is 0.0806 e. The van der Waals surface area contributed by atoms with Crippen LogP contribution in [-0.2, 0) is 6.42 Å². The monoisotopic (exact) mass is 427 g/mol. The van der Waals surface area contributed by atoms with Crippen molar-refractivity contribution in [3.8, 4) is 11.3 Å². The predicted octanol–water partition coefficient (Wildman–Crippen LogP) is 6.08. The Bertz CT molecular complexity index is 1090. The fourth-order valence-electron chi connectivity index (χ4n) is 3.51. The molecule has 26 heavy (non-hydrogen) atoms. The van der Waals surface area contributed by atoms with E-state index in [4.69, 9.17) is 17.3 Å². The Hall–Kier alpha value is -1.88. The van der Waals surface area contributed by atoms with Crippen molar-refractivity contribution < 1.29 is 0 Å². The number of pyridine rings is 1. The number of hydrogen-bond acceptors (Lipinski definition) is 2. The Morgan fingerprint density at radius 3 is 2.73 bits per heavy atom. The molecule has 0 amide bonds. The first-order chi connectivity index (χ1) is 12.7. The van der Waals surface area contributed by atoms with Crippen LogP contribution in [0.25, 0.3) is 33.1 Å². The third-order valence-corrected chi connectivity index (χ3v) is 5.76. The molecule has 0 fully saturated rings. The molecule has 3 nitrogen and oxygen atoms in total. The fourth-order valence-corrected chi connectivity index (χ4v) is 4.19. The minimum Gasteiger partial charge on any atom is -0.353 e. The maximum absolute atomic E-state index is 6.46. The summed E-state index contributed by atoms with van der Waals surface area (Å²) in [4.78, 5) is 8.21. The van der Waals surface area contributed by atoms with Gasteiger partial charge in [-0.3, -0.25) is 4.98 Å². The van der Waals surface area contributed by atoms with Gasteiger partial charge < -0.3 is 10.7 Å². The zero-order chi connectivity index (χ0) is 18.1. The highest BCUT2D eigenvalue weighted by Crippen LogP contribution is 2.38. The first-order valence-electron chi connectivity index (χ1n) is 8.73. The van der Waals surface area contributed by atoms with Crippen molar-refractivity contribution in [2.24, 2.45) is 5.73 Å². The van der Waals surface area contributed by atoms with Crippen molar-refractivity contribution in [2.75, 3.05) is 6.54 Å². The highest BCUT2D eigenvalue weighted by Gasteiger charge is 2.17. The average Bonchev–Trinajstić information content (AvgIpc) is 3.03. The number of fused-ring (bicyclic) bond motifs is 2. The summed E-state index contributed by atoms with van der Waals surface area (Å²) in [6.45, 7) is 0.710. The number of hydrogen-bond donors (Lipinski definition) is 2. The van der Waals surface area contributed by atoms with E-state index in [1.54, 1.807) is 0 Å². The molecule has 3 N–H and O–H groups in total. The van der Waals surface area contributed by atoms with Crippen LogP contribution in [0.5, 0.6) is 0 Å². The van der Waals surface area contributed by atoms with Crippen LogP contribution in [0.15, 0.2) is 53.1 Å². The van der Waals surface area contributed by atoms with Crippen LogP contribution in [0.3, 0.4) is 0 Å². The van der Waals surface area contributed by atoms with E-state index in [-0.39, 0.29) is 0 Å². The molecule has 0 radical (unpaired) electrons. The molecule has 4 rings (SSSR count). The van der Waals surface area contributed by atoms with Gasteiger partial charge in [0.05, 0.1) is 21.7 Å². The van der Waals surface area contributed by atoms with Crippen LogP contribution >= 0.6 is 27.5 Å². The molecule has 5 heteroatoms. The zero-order valence-electron chi connectivity index (χ0n) is 14.2. The van der Waals surface area contributed by atoms with Gasteiger partial charge in [-0.25, -0.2) is 0 Å². The van der Waals surface area contributed by atoms with Gasteiger partial charge >= 0.3 is 0 Å². The van der Waals surface area contributed by atoms with Gasteiger partial charge in [0.1, 0.15) is 0 Å². The Morgan fingerprint density at radius 2 is 1.88 bits per heavy atom. The quantitative estimate of drug-likeness (QED) is 0.378. The van der Waals surface area contributed by atoms with Gasteiger partial charge in [0.25, 0.3) is 0 Å². The van der Waals surface area contributed by atoms with E-state index in [2.05, 4.69) is 50.2 Å². The number of H-pyrrole nitrogens is 1. The van der Waals surface area contributed by atoms with Crippen LogP contribution in [0.2, 0.25) is 5.02 Å². The molecule has 0 unspecified atom stereocenters. The van der Waals surface area contributed by atoms with E-state index in [1.807, 2.05) is 24.4 Å². The summed E-state index contributed by atoms with van der Waals surface area (Å²) >= 11 is 10.1. The third kappa shape index (κ3) is 3.02. The fraction of sp³-hybridized carbons (Fsp3) is 0.190. The first kappa shape index (κ1) is 17.5. The van der Waals surface area contributed by atoms with Gasteiger partial charge in [-0.05, 0) is 55.6 Å². The molecule has 2 aromatic carbocycles. The Labute approximate surface area is 165 Å². The molecular weight excluding hydrogens is 410 g/mol. The summed E-state index contributed by atoms with van der Waals surface area (Å²) in [6, 6.07) is 14.3. The normalized spacial score (nSPS) is 11.5. The van der Waals surface area contributed by atoms with Crippen molar-refractivity contribution >= 4 is 49.3 Å². The lowest BCUT2D eigenvalue weighted by Gasteiger charge is -2.09. The van der Waals surface area contributed by atoms with Crippen molar-refractivity contribution in [3.63, 3.8) is 0 Å². The Morgan fingerprint density at radius 1 is 1.04 bits per heavy atom. The van der Waals surface area contributed by atoms with E-state index in [0.717, 1.165) is 56.4 Å². The topological polar surface area (TPSA) is 54.7 Å². The van der Waals surface area contributed by atoms with Gasteiger partial charge in [0.15, 0.2) is 0 Å². The van der Waals surface area contributed by atoms with E-state index < -0.39 is 0 Å². The van der Waals surface area contributed by atoms with Crippen LogP contribution < -0.4 is 5.73 Å². The van der Waals surface area contributed by atoms with Gasteiger partial charge in [-0.2, -0.15) is 0 Å². The molecular formula is C21H19BrClN3. The molecule has 0 atom stereocenters. The van der Waals surface area contributed by atoms with Gasteiger partial charge in [0.2, 0.25) is 0 Å². The molecule has 0 aliphatic heterocycles. The van der Waals surface area contributed by atoms with Crippen molar-refractivity contribution in [3.05, 3.63) is 63.7 Å². The molecule has 0 aliphatic carbocycles. The number of aromatic amines is 1. The number of benzene rings is 2. The number of para-hydroxylation sites is 1. The van der Waals surface area contributed by atoms with Crippen molar-refractivity contribution in [1.29, 1.82) is 0 Å². The molecule has 0 bridgehead atoms. The number of aryl methyl sites for hydroxylation is 1. The largest absolute Gasteiger partial charge is 0.353 e. The number of nitrogens with two attached hydrogens (primary N) is 1. The number of nitrogens with one attached hydrogen (secondary N) is 1. The molecule has 2 heterocycles. The first-order valence-corrected chi connectivity index (χ1v) is 9.90. The van der Waals surface area contributed by atoms with Crippen LogP contribution in [0.1, 0.15) is 18.4 Å². The lowest BCUT2D eigenvalue weighted by molar-refractivity contribution is 0.748. The minimum atomic E-state index is 0.710. The molecule has 132 valence electrons. The van der Waals surface area contributed by atoms with Crippen LogP contribution in [-0.4, -0.2) is 16.5 Å². The SMILES string of the molecule is NCCCCc1c(-c2ccc(Br)c3cccnc23)[nH]c2c(Cl)cccc12. The van der Waals surface area contributed by atoms with Crippen molar-refractivity contribution in [1.82, 2.24) is 9.97 Å². The smallest absolute Gasteiger partial charge is 0.0806 e. The molecule has 4 aromatic rings. The Balaban J connectivity index is 1.98. The highest BCUT2D eigenvalue weighted by atomic mass is 79.9. The predicted molar refractivity (Wildman–Crippen MR) is 114 cm³/mol. The lowest BCUT2D eigenvalue weighted by atomic mass is 9.98. The second-order valence-corrected chi connectivity index (χ2v) is 7.64. The summed E-state index contributed by atoms with van der Waals surface area (Å²) in [5, 5.41) is 3.02. The van der Waals surface area contributed by atoms with Gasteiger partial charge in [0, 0.05) is 27.0 Å². The van der Waals surface area contributed by atoms with Gasteiger partial charge in [-0.1, -0.05) is 45.7 Å². The Kier molecular flexibility index (Phi) is 4.98. The summed E-state index contributed by atoms with van der Waals surface area (Å²) in [6.07, 6.45) is 4.84. The minimum absolute atomic E-state index is 0.710. The summed E-state index contributed by atoms with van der Waals surface area (Å²) in [5.74, 6) is 0. The zero-order valence-corrected chi connectivity index (χ0v) is 16.6. The molecule has 0 aliphatic rings. The molecule has 0 saturated carbocycles. The van der Waals surface area contributed by atoms with E-state index in [0.29, 0.717) is 6.54 Å². The molecule has 2 aromatic heterocycles. The lowest BCUT2D eigenvalue weighted by Crippen LogP contribution is -1.99.